The number of halogens is 3. The molecule has 3 N–H and O–H groups in total. The monoisotopic (exact) mass is 303 g/mol. The van der Waals surface area contributed by atoms with Crippen molar-refractivity contribution in [2.24, 2.45) is 5.73 Å². The molecule has 1 saturated carbocycles. The van der Waals surface area contributed by atoms with Gasteiger partial charge in [-0.05, 0) is 25.0 Å². The van der Waals surface area contributed by atoms with Gasteiger partial charge in [-0.25, -0.2) is 4.79 Å². The van der Waals surface area contributed by atoms with E-state index in [0.717, 1.165) is 0 Å². The minimum absolute atomic E-state index is 0.0667. The van der Waals surface area contributed by atoms with E-state index in [-0.39, 0.29) is 12.0 Å². The van der Waals surface area contributed by atoms with E-state index in [1.165, 1.54) is 12.1 Å². The Morgan fingerprint density at radius 2 is 1.95 bits per heavy atom. The number of alkyl halides is 3. The van der Waals surface area contributed by atoms with Crippen molar-refractivity contribution in [3.05, 3.63) is 35.9 Å². The normalized spacial score (nSPS) is 30.0. The molecule has 0 saturated heterocycles. The van der Waals surface area contributed by atoms with Crippen LogP contribution >= 0.6 is 0 Å². The third kappa shape index (κ3) is 3.36. The number of hydrogen-bond donors (Lipinski definition) is 2. The number of ether oxygens (including phenoxy) is 1. The quantitative estimate of drug-likeness (QED) is 0.820. The number of carbonyl (C=O) groups is 1. The van der Waals surface area contributed by atoms with Gasteiger partial charge in [0.15, 0.2) is 5.60 Å². The van der Waals surface area contributed by atoms with Gasteiger partial charge in [0.2, 0.25) is 0 Å². The topological polar surface area (TPSA) is 72.6 Å². The highest BCUT2D eigenvalue weighted by Crippen LogP contribution is 2.42. The first-order valence-electron chi connectivity index (χ1n) is 6.54. The molecule has 3 unspecified atom stereocenters. The van der Waals surface area contributed by atoms with Crippen LogP contribution in [-0.4, -0.2) is 35.0 Å². The van der Waals surface area contributed by atoms with Crippen LogP contribution in [0.15, 0.2) is 30.3 Å². The summed E-state index contributed by atoms with van der Waals surface area (Å²) in [5.41, 5.74) is 3.09. The SMILES string of the molecule is NC1CCC(O)(C(F)(F)F)CC1OC(=O)c1ccccc1. The van der Waals surface area contributed by atoms with Gasteiger partial charge in [0.1, 0.15) is 6.10 Å². The standard InChI is InChI=1S/C14H16F3NO3/c15-14(16,17)13(20)7-6-10(18)11(8-13)21-12(19)9-4-2-1-3-5-9/h1-5,10-11,20H,6-8,18H2. The van der Waals surface area contributed by atoms with E-state index in [2.05, 4.69) is 0 Å². The van der Waals surface area contributed by atoms with E-state index >= 15 is 0 Å². The Labute approximate surface area is 119 Å². The molecule has 0 amide bonds. The average molecular weight is 303 g/mol. The van der Waals surface area contributed by atoms with Gasteiger partial charge in [-0.1, -0.05) is 18.2 Å². The molecule has 1 fully saturated rings. The van der Waals surface area contributed by atoms with Gasteiger partial charge in [0.25, 0.3) is 0 Å². The highest BCUT2D eigenvalue weighted by atomic mass is 19.4. The van der Waals surface area contributed by atoms with E-state index < -0.39 is 42.7 Å². The Morgan fingerprint density at radius 1 is 1.33 bits per heavy atom. The third-order valence-corrected chi connectivity index (χ3v) is 3.70. The van der Waals surface area contributed by atoms with Crippen molar-refractivity contribution in [2.75, 3.05) is 0 Å². The van der Waals surface area contributed by atoms with Crippen molar-refractivity contribution >= 4 is 5.97 Å². The van der Waals surface area contributed by atoms with Crippen LogP contribution in [0.3, 0.4) is 0 Å². The molecule has 1 aromatic carbocycles. The minimum atomic E-state index is -4.77. The van der Waals surface area contributed by atoms with Crippen LogP contribution in [0.4, 0.5) is 13.2 Å². The molecule has 1 aliphatic carbocycles. The van der Waals surface area contributed by atoms with Crippen molar-refractivity contribution in [1.82, 2.24) is 0 Å². The van der Waals surface area contributed by atoms with Crippen LogP contribution in [0, 0.1) is 0 Å². The van der Waals surface area contributed by atoms with Crippen molar-refractivity contribution in [1.29, 1.82) is 0 Å². The Hall–Kier alpha value is -1.60. The summed E-state index contributed by atoms with van der Waals surface area (Å²) < 4.78 is 43.6. The molecule has 1 aliphatic rings. The summed E-state index contributed by atoms with van der Waals surface area (Å²) in [5.74, 6) is -0.748. The van der Waals surface area contributed by atoms with Gasteiger partial charge < -0.3 is 15.6 Å². The summed E-state index contributed by atoms with van der Waals surface area (Å²) in [6.07, 6.45) is -7.24. The summed E-state index contributed by atoms with van der Waals surface area (Å²) in [6.45, 7) is 0. The fourth-order valence-corrected chi connectivity index (χ4v) is 2.34. The first-order valence-corrected chi connectivity index (χ1v) is 6.54. The molecular formula is C14H16F3NO3. The molecule has 116 valence electrons. The molecule has 2 rings (SSSR count). The molecule has 7 heteroatoms. The van der Waals surface area contributed by atoms with Gasteiger partial charge in [-0.2, -0.15) is 13.2 Å². The maximum atomic E-state index is 12.9. The molecule has 1 aromatic rings. The van der Waals surface area contributed by atoms with Gasteiger partial charge in [-0.15, -0.1) is 0 Å². The number of aliphatic hydroxyl groups is 1. The maximum Gasteiger partial charge on any atom is 0.417 e. The van der Waals surface area contributed by atoms with Crippen LogP contribution in [0.25, 0.3) is 0 Å². The molecule has 0 radical (unpaired) electrons. The lowest BCUT2D eigenvalue weighted by Gasteiger charge is -2.40. The molecule has 0 spiro atoms. The largest absolute Gasteiger partial charge is 0.457 e. The Morgan fingerprint density at radius 3 is 2.52 bits per heavy atom. The Balaban J connectivity index is 2.10. The number of benzene rings is 1. The second-order valence-corrected chi connectivity index (χ2v) is 5.25. The molecule has 21 heavy (non-hydrogen) atoms. The van der Waals surface area contributed by atoms with E-state index in [4.69, 9.17) is 10.5 Å². The summed E-state index contributed by atoms with van der Waals surface area (Å²) in [4.78, 5) is 11.9. The maximum absolute atomic E-state index is 12.9. The average Bonchev–Trinajstić information content (AvgIpc) is 2.43. The van der Waals surface area contributed by atoms with Gasteiger partial charge in [0.05, 0.1) is 5.56 Å². The number of carbonyl (C=O) groups excluding carboxylic acids is 1. The number of esters is 1. The van der Waals surface area contributed by atoms with Gasteiger partial charge in [-0.3, -0.25) is 0 Å². The molecular weight excluding hydrogens is 287 g/mol. The van der Waals surface area contributed by atoms with Crippen LogP contribution in [0.2, 0.25) is 0 Å². The van der Waals surface area contributed by atoms with Gasteiger partial charge >= 0.3 is 12.1 Å². The van der Waals surface area contributed by atoms with Crippen LogP contribution in [0.1, 0.15) is 29.6 Å². The predicted octanol–water partition coefficient (Wildman–Crippen LogP) is 2.02. The van der Waals surface area contributed by atoms with E-state index in [9.17, 15) is 23.1 Å². The van der Waals surface area contributed by atoms with Crippen molar-refractivity contribution in [3.8, 4) is 0 Å². The smallest absolute Gasteiger partial charge is 0.417 e. The van der Waals surface area contributed by atoms with E-state index in [1.54, 1.807) is 18.2 Å². The second-order valence-electron chi connectivity index (χ2n) is 5.25. The molecule has 0 aliphatic heterocycles. The Bertz CT molecular complexity index is 506. The zero-order chi connectivity index (χ0) is 15.7. The van der Waals surface area contributed by atoms with Crippen LogP contribution in [-0.2, 0) is 4.74 Å². The summed E-state index contributed by atoms with van der Waals surface area (Å²) in [7, 11) is 0. The predicted molar refractivity (Wildman–Crippen MR) is 68.5 cm³/mol. The molecule has 3 atom stereocenters. The Kier molecular flexibility index (Phi) is 4.25. The summed E-state index contributed by atoms with van der Waals surface area (Å²) in [5, 5.41) is 9.71. The number of hydrogen-bond acceptors (Lipinski definition) is 4. The van der Waals surface area contributed by atoms with E-state index in [0.29, 0.717) is 0 Å². The summed E-state index contributed by atoms with van der Waals surface area (Å²) >= 11 is 0. The highest BCUT2D eigenvalue weighted by molar-refractivity contribution is 5.89. The third-order valence-electron chi connectivity index (χ3n) is 3.70. The number of nitrogens with two attached hydrogens (primary N) is 1. The zero-order valence-corrected chi connectivity index (χ0v) is 11.1. The summed E-state index contributed by atoms with van der Waals surface area (Å²) in [6, 6.07) is 7.19. The number of rotatable bonds is 2. The fourth-order valence-electron chi connectivity index (χ4n) is 2.34. The van der Waals surface area contributed by atoms with Crippen LogP contribution < -0.4 is 5.73 Å². The lowest BCUT2D eigenvalue weighted by atomic mass is 9.80. The van der Waals surface area contributed by atoms with E-state index in [1.807, 2.05) is 0 Å². The molecule has 4 nitrogen and oxygen atoms in total. The van der Waals surface area contributed by atoms with Gasteiger partial charge in [0, 0.05) is 12.5 Å². The van der Waals surface area contributed by atoms with Crippen molar-refractivity contribution in [3.63, 3.8) is 0 Å². The molecule has 0 bridgehead atoms. The highest BCUT2D eigenvalue weighted by Gasteiger charge is 2.57. The first kappa shape index (κ1) is 15.8. The molecule has 0 aromatic heterocycles. The molecule has 0 heterocycles. The zero-order valence-electron chi connectivity index (χ0n) is 11.1. The van der Waals surface area contributed by atoms with Crippen molar-refractivity contribution in [2.45, 2.75) is 43.2 Å². The van der Waals surface area contributed by atoms with Crippen molar-refractivity contribution < 1.29 is 27.8 Å². The first-order chi connectivity index (χ1) is 9.73. The fraction of sp³-hybridized carbons (Fsp3) is 0.500. The lowest BCUT2D eigenvalue weighted by molar-refractivity contribution is -0.278. The second kappa shape index (κ2) is 5.65. The minimum Gasteiger partial charge on any atom is -0.457 e. The lowest BCUT2D eigenvalue weighted by Crippen LogP contribution is -2.56. The van der Waals surface area contributed by atoms with Crippen LogP contribution in [0.5, 0.6) is 0 Å².